The zero-order valence-electron chi connectivity index (χ0n) is 20.6. The Hall–Kier alpha value is -3.58. The van der Waals surface area contributed by atoms with Crippen molar-refractivity contribution in [2.24, 2.45) is 10.1 Å². The average Bonchev–Trinajstić information content (AvgIpc) is 3.32. The van der Waals surface area contributed by atoms with E-state index in [0.29, 0.717) is 29.0 Å². The zero-order chi connectivity index (χ0) is 27.9. The van der Waals surface area contributed by atoms with Crippen molar-refractivity contribution in [3.05, 3.63) is 65.7 Å². The second kappa shape index (κ2) is 12.3. The maximum absolute atomic E-state index is 13.0. The van der Waals surface area contributed by atoms with E-state index in [0.717, 1.165) is 35.4 Å². The van der Waals surface area contributed by atoms with Crippen LogP contribution in [-0.4, -0.2) is 36.0 Å². The summed E-state index contributed by atoms with van der Waals surface area (Å²) in [6, 6.07) is 12.3. The monoisotopic (exact) mass is 554 g/mol. The van der Waals surface area contributed by atoms with Gasteiger partial charge >= 0.3 is 12.3 Å². The molecule has 2 aromatic rings. The highest BCUT2D eigenvalue weighted by Crippen LogP contribution is 2.37. The lowest BCUT2D eigenvalue weighted by molar-refractivity contribution is -0.360. The summed E-state index contributed by atoms with van der Waals surface area (Å²) in [6.07, 6.45) is -7.82. The van der Waals surface area contributed by atoms with E-state index in [9.17, 15) is 22.0 Å². The summed E-state index contributed by atoms with van der Waals surface area (Å²) in [6.45, 7) is 7.73. The number of aliphatic imine (C=N–C) groups is 1. The number of hydrogen-bond acceptors (Lipinski definition) is 5. The van der Waals surface area contributed by atoms with Crippen LogP contribution < -0.4 is 26.3 Å². The third-order valence-corrected chi connectivity index (χ3v) is 5.69. The van der Waals surface area contributed by atoms with Gasteiger partial charge in [-0.3, -0.25) is 10.9 Å². The van der Waals surface area contributed by atoms with Crippen LogP contribution >= 0.6 is 12.2 Å². The Balaban J connectivity index is 1.54. The Morgan fingerprint density at radius 3 is 2.39 bits per heavy atom. The molecule has 1 unspecified atom stereocenters. The molecule has 0 spiro atoms. The maximum atomic E-state index is 13.0. The zero-order valence-corrected chi connectivity index (χ0v) is 21.4. The predicted molar refractivity (Wildman–Crippen MR) is 143 cm³/mol. The van der Waals surface area contributed by atoms with E-state index in [1.807, 2.05) is 30.3 Å². The number of ether oxygens (including phenoxy) is 1. The Morgan fingerprint density at radius 2 is 1.76 bits per heavy atom. The van der Waals surface area contributed by atoms with Gasteiger partial charge in [-0.2, -0.15) is 27.1 Å². The van der Waals surface area contributed by atoms with Crippen LogP contribution in [0.15, 0.2) is 70.3 Å². The van der Waals surface area contributed by atoms with E-state index >= 15 is 0 Å². The first-order valence-corrected chi connectivity index (χ1v) is 12.0. The minimum absolute atomic E-state index is 0.0659. The molecule has 1 aliphatic carbocycles. The number of para-hydroxylation sites is 1. The van der Waals surface area contributed by atoms with Crippen LogP contribution in [0.3, 0.4) is 0 Å². The van der Waals surface area contributed by atoms with Gasteiger partial charge in [-0.05, 0) is 79.2 Å². The number of hydrazine groups is 1. The molecule has 0 amide bonds. The smallest absolute Gasteiger partial charge is 0.426 e. The molecule has 0 aliphatic heterocycles. The largest absolute Gasteiger partial charge is 0.499 e. The second-order valence-electron chi connectivity index (χ2n) is 8.65. The molecule has 7 nitrogen and oxygen atoms in total. The summed E-state index contributed by atoms with van der Waals surface area (Å²) in [7, 11) is 0. The molecule has 204 valence electrons. The topological polar surface area (TPSA) is 82.1 Å². The number of hydrogen-bond donors (Lipinski definition) is 4. The fourth-order valence-corrected chi connectivity index (χ4v) is 3.75. The molecule has 0 radical (unpaired) electrons. The van der Waals surface area contributed by atoms with Crippen LogP contribution in [0, 0.1) is 0 Å². The van der Waals surface area contributed by atoms with Gasteiger partial charge in [0, 0.05) is 11.7 Å². The van der Waals surface area contributed by atoms with E-state index in [1.165, 1.54) is 12.1 Å². The first kappa shape index (κ1) is 29.0. The first-order chi connectivity index (χ1) is 17.9. The van der Waals surface area contributed by atoms with Gasteiger partial charge in [0.05, 0.1) is 5.69 Å². The normalized spacial score (nSPS) is 16.2. The summed E-state index contributed by atoms with van der Waals surface area (Å²) in [5, 5.41) is 7.77. The lowest BCUT2D eigenvalue weighted by Crippen LogP contribution is -2.44. The van der Waals surface area contributed by atoms with Gasteiger partial charge in [0.25, 0.3) is 0 Å². The van der Waals surface area contributed by atoms with E-state index < -0.39 is 18.0 Å². The van der Waals surface area contributed by atoms with E-state index in [1.54, 1.807) is 0 Å². The summed E-state index contributed by atoms with van der Waals surface area (Å²) in [5.74, 6) is -0.00774. The van der Waals surface area contributed by atoms with Crippen molar-refractivity contribution in [1.82, 2.24) is 10.9 Å². The number of thiocarbonyl (C=S) groups is 1. The molecule has 2 aromatic carbocycles. The Bertz CT molecular complexity index is 1200. The molecule has 1 aliphatic rings. The fourth-order valence-electron chi connectivity index (χ4n) is 3.58. The fraction of sp³-hybridized carbons (Fsp3) is 0.320. The number of hydrazone groups is 1. The minimum atomic E-state index is -5.82. The van der Waals surface area contributed by atoms with E-state index in [4.69, 9.17) is 12.2 Å². The predicted octanol–water partition coefficient (Wildman–Crippen LogP) is 6.35. The summed E-state index contributed by atoms with van der Waals surface area (Å²) in [4.78, 5) is 3.92. The summed E-state index contributed by atoms with van der Waals surface area (Å²) in [5.41, 5.74) is 12.0. The number of amidine groups is 1. The van der Waals surface area contributed by atoms with Crippen LogP contribution in [0.1, 0.15) is 38.2 Å². The highest BCUT2D eigenvalue weighted by molar-refractivity contribution is 7.80. The van der Waals surface area contributed by atoms with Crippen LogP contribution in [0.4, 0.5) is 33.3 Å². The Kier molecular flexibility index (Phi) is 9.39. The molecular formula is C25H27F5N6OS. The number of halogens is 5. The van der Waals surface area contributed by atoms with Gasteiger partial charge in [0.1, 0.15) is 5.75 Å². The molecule has 1 atom stereocenters. The molecule has 0 bridgehead atoms. The lowest BCUT2D eigenvalue weighted by atomic mass is 10.0. The van der Waals surface area contributed by atoms with Crippen LogP contribution in [-0.2, 0) is 0 Å². The quantitative estimate of drug-likeness (QED) is 0.0951. The van der Waals surface area contributed by atoms with Crippen molar-refractivity contribution in [3.8, 4) is 5.75 Å². The van der Waals surface area contributed by atoms with Crippen LogP contribution in [0.5, 0.6) is 5.75 Å². The van der Waals surface area contributed by atoms with Gasteiger partial charge in [0.15, 0.2) is 10.9 Å². The number of nitrogens with zero attached hydrogens (tertiary/aromatic N) is 2. The average molecular weight is 555 g/mol. The molecule has 13 heteroatoms. The number of anilines is 2. The molecular weight excluding hydrogens is 527 g/mol. The molecule has 4 N–H and O–H groups in total. The van der Waals surface area contributed by atoms with Crippen molar-refractivity contribution in [3.63, 3.8) is 0 Å². The number of benzene rings is 2. The number of nitrogens with one attached hydrogen (secondary N) is 4. The van der Waals surface area contributed by atoms with Gasteiger partial charge in [0.2, 0.25) is 0 Å². The third kappa shape index (κ3) is 7.71. The molecule has 0 saturated heterocycles. The first-order valence-electron chi connectivity index (χ1n) is 11.6. The SMILES string of the molecule is C=N/C(=N\Nc1ccc(OC(F)(F)C(F)(F)F)cc1)C1=CC(NNC(=S)Nc2ccccc2C(C)C)CC1. The van der Waals surface area contributed by atoms with Gasteiger partial charge in [-0.15, -0.1) is 0 Å². The molecule has 0 fully saturated rings. The minimum Gasteiger partial charge on any atom is -0.426 e. The highest BCUT2D eigenvalue weighted by atomic mass is 32.1. The molecule has 0 heterocycles. The van der Waals surface area contributed by atoms with Crippen molar-refractivity contribution in [2.45, 2.75) is 50.9 Å². The van der Waals surface area contributed by atoms with E-state index in [-0.39, 0.29) is 6.04 Å². The molecule has 0 saturated carbocycles. The standard InChI is InChI=1S/C25H27F5N6OS/c1-15(2)20-6-4-5-7-21(20)32-23(38)36-34-18-9-8-16(14-18)22(31-3)35-33-17-10-12-19(13-11-17)37-25(29,30)24(26,27)28/h4-7,10-15,18,33-34H,3,8-9H2,1-2H3,(H2,32,36,38)/b35-22-. The second-order valence-corrected chi connectivity index (χ2v) is 9.06. The van der Waals surface area contributed by atoms with Crippen LogP contribution in [0.25, 0.3) is 0 Å². The van der Waals surface area contributed by atoms with Crippen LogP contribution in [0.2, 0.25) is 0 Å². The molecule has 3 rings (SSSR count). The summed E-state index contributed by atoms with van der Waals surface area (Å²) < 4.78 is 66.7. The van der Waals surface area contributed by atoms with Crippen molar-refractivity contribution < 1.29 is 26.7 Å². The van der Waals surface area contributed by atoms with Gasteiger partial charge < -0.3 is 10.1 Å². The van der Waals surface area contributed by atoms with Gasteiger partial charge in [-0.1, -0.05) is 38.1 Å². The Labute approximate surface area is 222 Å². The Morgan fingerprint density at radius 1 is 1.08 bits per heavy atom. The van der Waals surface area contributed by atoms with Gasteiger partial charge in [-0.25, -0.2) is 10.4 Å². The third-order valence-electron chi connectivity index (χ3n) is 5.49. The maximum Gasteiger partial charge on any atom is 0.499 e. The lowest BCUT2D eigenvalue weighted by Gasteiger charge is -2.20. The van der Waals surface area contributed by atoms with Crippen molar-refractivity contribution >= 4 is 41.3 Å². The highest BCUT2D eigenvalue weighted by Gasteiger charge is 2.61. The summed E-state index contributed by atoms with van der Waals surface area (Å²) >= 11 is 5.40. The number of alkyl halides is 5. The van der Waals surface area contributed by atoms with Crippen molar-refractivity contribution in [1.29, 1.82) is 0 Å². The van der Waals surface area contributed by atoms with Crippen molar-refractivity contribution in [2.75, 3.05) is 10.7 Å². The number of rotatable bonds is 9. The molecule has 0 aromatic heterocycles. The molecule has 38 heavy (non-hydrogen) atoms. The van der Waals surface area contributed by atoms with E-state index in [2.05, 4.69) is 57.0 Å².